The van der Waals surface area contributed by atoms with Crippen LogP contribution in [0, 0.1) is 0 Å². The van der Waals surface area contributed by atoms with E-state index in [1.807, 2.05) is 24.3 Å². The average molecular weight is 218 g/mol. The van der Waals surface area contributed by atoms with E-state index in [9.17, 15) is 9.90 Å². The molecule has 0 radical (unpaired) electrons. The summed E-state index contributed by atoms with van der Waals surface area (Å²) in [5, 5.41) is 10.4. The molecular formula is C13H14O3. The summed E-state index contributed by atoms with van der Waals surface area (Å²) < 4.78 is 5.37. The fourth-order valence-corrected chi connectivity index (χ4v) is 2.81. The Kier molecular flexibility index (Phi) is 2.04. The van der Waals surface area contributed by atoms with Crippen molar-refractivity contribution in [2.75, 3.05) is 0 Å². The highest BCUT2D eigenvalue weighted by Gasteiger charge is 2.49. The summed E-state index contributed by atoms with van der Waals surface area (Å²) in [6.07, 6.45) is 2.02. The first-order valence-electron chi connectivity index (χ1n) is 5.69. The number of aliphatic hydroxyl groups is 1. The first-order valence-corrected chi connectivity index (χ1v) is 5.69. The van der Waals surface area contributed by atoms with Gasteiger partial charge in [-0.05, 0) is 24.0 Å². The monoisotopic (exact) mass is 218 g/mol. The Bertz CT molecular complexity index is 441. The standard InChI is InChI=1S/C13H14O3/c14-11-6-8-13(16-11)7-5-9-3-1-2-4-10(9)12(13)15/h1-4,12,15H,5-8H2. The minimum Gasteiger partial charge on any atom is -0.456 e. The second kappa shape index (κ2) is 3.32. The fourth-order valence-electron chi connectivity index (χ4n) is 2.81. The smallest absolute Gasteiger partial charge is 0.306 e. The van der Waals surface area contributed by atoms with Gasteiger partial charge in [0.15, 0.2) is 0 Å². The van der Waals surface area contributed by atoms with Crippen molar-refractivity contribution in [1.82, 2.24) is 0 Å². The largest absolute Gasteiger partial charge is 0.456 e. The molecule has 0 amide bonds. The second-order valence-corrected chi connectivity index (χ2v) is 4.64. The Labute approximate surface area is 94.0 Å². The molecule has 0 aromatic heterocycles. The molecule has 1 N–H and O–H groups in total. The number of hydrogen-bond donors (Lipinski definition) is 1. The van der Waals surface area contributed by atoms with Gasteiger partial charge in [-0.2, -0.15) is 0 Å². The molecule has 84 valence electrons. The van der Waals surface area contributed by atoms with Crippen molar-refractivity contribution in [2.45, 2.75) is 37.4 Å². The van der Waals surface area contributed by atoms with Crippen LogP contribution >= 0.6 is 0 Å². The van der Waals surface area contributed by atoms with E-state index in [0.717, 1.165) is 18.4 Å². The molecule has 1 spiro atoms. The lowest BCUT2D eigenvalue weighted by Gasteiger charge is -2.37. The van der Waals surface area contributed by atoms with Crippen molar-refractivity contribution in [1.29, 1.82) is 0 Å². The molecule has 1 aliphatic heterocycles. The summed E-state index contributed by atoms with van der Waals surface area (Å²) in [5.74, 6) is -0.182. The Hall–Kier alpha value is -1.35. The van der Waals surface area contributed by atoms with Crippen LogP contribution in [0.25, 0.3) is 0 Å². The summed E-state index contributed by atoms with van der Waals surface area (Å²) in [5.41, 5.74) is 1.44. The van der Waals surface area contributed by atoms with E-state index in [0.29, 0.717) is 12.8 Å². The Balaban J connectivity index is 2.01. The Morgan fingerprint density at radius 2 is 2.00 bits per heavy atom. The van der Waals surface area contributed by atoms with Crippen molar-refractivity contribution in [3.8, 4) is 0 Å². The maximum absolute atomic E-state index is 11.2. The third-order valence-corrected chi connectivity index (χ3v) is 3.73. The number of benzene rings is 1. The van der Waals surface area contributed by atoms with Crippen molar-refractivity contribution in [3.05, 3.63) is 35.4 Å². The van der Waals surface area contributed by atoms with Crippen molar-refractivity contribution in [3.63, 3.8) is 0 Å². The van der Waals surface area contributed by atoms with Gasteiger partial charge in [-0.25, -0.2) is 0 Å². The van der Waals surface area contributed by atoms with Gasteiger partial charge in [0.1, 0.15) is 11.7 Å². The van der Waals surface area contributed by atoms with Gasteiger partial charge < -0.3 is 9.84 Å². The predicted molar refractivity (Wildman–Crippen MR) is 57.8 cm³/mol. The van der Waals surface area contributed by atoms with E-state index in [1.54, 1.807) is 0 Å². The van der Waals surface area contributed by atoms with Crippen LogP contribution in [0.15, 0.2) is 24.3 Å². The molecule has 0 bridgehead atoms. The lowest BCUT2D eigenvalue weighted by atomic mass is 9.76. The Morgan fingerprint density at radius 1 is 1.25 bits per heavy atom. The average Bonchev–Trinajstić information content (AvgIpc) is 2.68. The molecule has 2 unspecified atom stereocenters. The highest BCUT2D eigenvalue weighted by atomic mass is 16.6. The summed E-state index contributed by atoms with van der Waals surface area (Å²) in [4.78, 5) is 11.2. The molecule has 3 rings (SSSR count). The van der Waals surface area contributed by atoms with Gasteiger partial charge in [0.2, 0.25) is 0 Å². The highest BCUT2D eigenvalue weighted by Crippen LogP contribution is 2.45. The molecule has 1 heterocycles. The maximum Gasteiger partial charge on any atom is 0.306 e. The van der Waals surface area contributed by atoms with E-state index in [-0.39, 0.29) is 5.97 Å². The number of aliphatic hydroxyl groups excluding tert-OH is 1. The number of carbonyl (C=O) groups is 1. The summed E-state index contributed by atoms with van der Waals surface area (Å²) >= 11 is 0. The predicted octanol–water partition coefficient (Wildman–Crippen LogP) is 1.74. The van der Waals surface area contributed by atoms with Crippen molar-refractivity contribution < 1.29 is 14.6 Å². The molecule has 1 aromatic carbocycles. The van der Waals surface area contributed by atoms with Crippen molar-refractivity contribution in [2.24, 2.45) is 0 Å². The Morgan fingerprint density at radius 3 is 2.75 bits per heavy atom. The normalized spacial score (nSPS) is 32.6. The second-order valence-electron chi connectivity index (χ2n) is 4.64. The van der Waals surface area contributed by atoms with E-state index in [4.69, 9.17) is 4.74 Å². The minimum absolute atomic E-state index is 0.182. The number of rotatable bonds is 0. The third-order valence-electron chi connectivity index (χ3n) is 3.73. The van der Waals surface area contributed by atoms with E-state index in [1.165, 1.54) is 5.56 Å². The summed E-state index contributed by atoms with van der Waals surface area (Å²) in [7, 11) is 0. The van der Waals surface area contributed by atoms with E-state index < -0.39 is 11.7 Å². The molecule has 1 aliphatic carbocycles. The molecule has 2 atom stereocenters. The fraction of sp³-hybridized carbons (Fsp3) is 0.462. The number of aryl methyl sites for hydroxylation is 1. The van der Waals surface area contributed by atoms with Crippen molar-refractivity contribution >= 4 is 5.97 Å². The number of ether oxygens (including phenoxy) is 1. The van der Waals surface area contributed by atoms with Crippen LogP contribution in [0.3, 0.4) is 0 Å². The molecule has 1 fully saturated rings. The molecule has 0 saturated carbocycles. The number of esters is 1. The van der Waals surface area contributed by atoms with Gasteiger partial charge in [0.25, 0.3) is 0 Å². The zero-order valence-corrected chi connectivity index (χ0v) is 8.98. The van der Waals surface area contributed by atoms with Crippen LogP contribution in [0.1, 0.15) is 36.5 Å². The SMILES string of the molecule is O=C1CCC2(CCc3ccccc3C2O)O1. The van der Waals surface area contributed by atoms with Crippen LogP contribution in [0.5, 0.6) is 0 Å². The lowest BCUT2D eigenvalue weighted by molar-refractivity contribution is -0.161. The zero-order valence-electron chi connectivity index (χ0n) is 8.98. The summed E-state index contributed by atoms with van der Waals surface area (Å²) in [6, 6.07) is 7.84. The minimum atomic E-state index is -0.663. The number of carbonyl (C=O) groups excluding carboxylic acids is 1. The quantitative estimate of drug-likeness (QED) is 0.675. The molecule has 16 heavy (non-hydrogen) atoms. The van der Waals surface area contributed by atoms with Gasteiger partial charge in [0.05, 0.1) is 0 Å². The molecule has 1 aromatic rings. The highest BCUT2D eigenvalue weighted by molar-refractivity contribution is 5.72. The van der Waals surface area contributed by atoms with Gasteiger partial charge in [-0.1, -0.05) is 24.3 Å². The van der Waals surface area contributed by atoms with E-state index >= 15 is 0 Å². The zero-order chi connectivity index (χ0) is 11.2. The molecule has 3 heteroatoms. The topological polar surface area (TPSA) is 46.5 Å². The first kappa shape index (κ1) is 9.85. The van der Waals surface area contributed by atoms with Gasteiger partial charge in [0, 0.05) is 12.8 Å². The first-order chi connectivity index (χ1) is 7.71. The summed E-state index contributed by atoms with van der Waals surface area (Å²) in [6.45, 7) is 0. The van der Waals surface area contributed by atoms with Crippen LogP contribution in [-0.4, -0.2) is 16.7 Å². The van der Waals surface area contributed by atoms with Crippen LogP contribution in [0.4, 0.5) is 0 Å². The maximum atomic E-state index is 11.2. The number of hydrogen-bond acceptors (Lipinski definition) is 3. The third kappa shape index (κ3) is 1.28. The molecular weight excluding hydrogens is 204 g/mol. The van der Waals surface area contributed by atoms with Crippen LogP contribution < -0.4 is 0 Å². The molecule has 2 aliphatic rings. The van der Waals surface area contributed by atoms with Gasteiger partial charge in [-0.3, -0.25) is 4.79 Å². The van der Waals surface area contributed by atoms with Crippen LogP contribution in [0.2, 0.25) is 0 Å². The number of fused-ring (bicyclic) bond motifs is 1. The lowest BCUT2D eigenvalue weighted by Crippen LogP contribution is -2.40. The molecule has 1 saturated heterocycles. The van der Waals surface area contributed by atoms with E-state index in [2.05, 4.69) is 0 Å². The van der Waals surface area contributed by atoms with Gasteiger partial charge in [-0.15, -0.1) is 0 Å². The van der Waals surface area contributed by atoms with Gasteiger partial charge >= 0.3 is 5.97 Å². The van der Waals surface area contributed by atoms with Crippen LogP contribution in [-0.2, 0) is 16.0 Å². The molecule has 3 nitrogen and oxygen atoms in total.